The lowest BCUT2D eigenvalue weighted by Crippen LogP contribution is -2.51. The molecule has 0 saturated carbocycles. The summed E-state index contributed by atoms with van der Waals surface area (Å²) >= 11 is 0. The van der Waals surface area contributed by atoms with Gasteiger partial charge in [-0.25, -0.2) is 19.6 Å². The largest absolute Gasteiger partial charge is 0.444 e. The molecule has 0 spiro atoms. The van der Waals surface area contributed by atoms with Crippen LogP contribution < -0.4 is 20.9 Å². The standard InChI is InChI=1S/C28H54N4O5Si2.C28H52N4O5Si2/c2*1-27(2,3)37-26(34)31-16-14-30(15-17-31)24-25(33)32(22-35-19-20-38(7,8)9)21-23(29-24)13-12-18-36-39(10,11)28(4,5)6/h21H,12-20,22H2,1-11H3;12-13,21H,14-20,22H2,1-11H3/b;13-12+. The van der Waals surface area contributed by atoms with Crippen molar-refractivity contribution in [3.8, 4) is 0 Å². The zero-order chi connectivity index (χ0) is 59.3. The Hall–Kier alpha value is -3.65. The predicted octanol–water partition coefficient (Wildman–Crippen LogP) is 11.2. The van der Waals surface area contributed by atoms with Gasteiger partial charge in [-0.1, -0.05) is 86.9 Å². The van der Waals surface area contributed by atoms with Crippen LogP contribution in [0.15, 0.2) is 28.1 Å². The first kappa shape index (κ1) is 68.6. The Balaban J connectivity index is 0.000000410. The molecule has 4 heterocycles. The van der Waals surface area contributed by atoms with E-state index in [1.54, 1.807) is 25.1 Å². The molecule has 0 atom stereocenters. The van der Waals surface area contributed by atoms with Gasteiger partial charge in [0, 0.05) is 101 Å². The topological polar surface area (TPSA) is 172 Å². The summed E-state index contributed by atoms with van der Waals surface area (Å²) < 4.78 is 38.8. The Morgan fingerprint density at radius 1 is 0.551 bits per heavy atom. The molecule has 2 aromatic heterocycles. The number of hydrogen-bond donors (Lipinski definition) is 0. The van der Waals surface area contributed by atoms with E-state index in [1.807, 2.05) is 69.7 Å². The van der Waals surface area contributed by atoms with Crippen molar-refractivity contribution in [2.45, 2.75) is 208 Å². The monoisotopic (exact) mass is 1160 g/mol. The number of nitrogens with zero attached hydrogens (tertiary/aromatic N) is 8. The molecule has 78 heavy (non-hydrogen) atoms. The van der Waals surface area contributed by atoms with Crippen molar-refractivity contribution in [3.63, 3.8) is 0 Å². The van der Waals surface area contributed by atoms with Crippen LogP contribution in [0.3, 0.4) is 0 Å². The fourth-order valence-electron chi connectivity index (χ4n) is 7.31. The number of aryl methyl sites for hydroxylation is 1. The molecular formula is C56H106N8O10Si4. The van der Waals surface area contributed by atoms with E-state index in [4.69, 9.17) is 37.8 Å². The van der Waals surface area contributed by atoms with Crippen LogP contribution in [0.1, 0.15) is 101 Å². The predicted molar refractivity (Wildman–Crippen MR) is 329 cm³/mol. The first-order chi connectivity index (χ1) is 35.6. The summed E-state index contributed by atoms with van der Waals surface area (Å²) in [6.07, 6.45) is 8.36. The first-order valence-corrected chi connectivity index (χ1v) is 41.6. The minimum Gasteiger partial charge on any atom is -0.444 e. The lowest BCUT2D eigenvalue weighted by Gasteiger charge is -2.36. The van der Waals surface area contributed by atoms with E-state index in [9.17, 15) is 19.2 Å². The van der Waals surface area contributed by atoms with Crippen LogP contribution in [0.4, 0.5) is 21.2 Å². The van der Waals surface area contributed by atoms with Crippen molar-refractivity contribution < 1.29 is 37.4 Å². The van der Waals surface area contributed by atoms with Crippen LogP contribution in [0.5, 0.6) is 0 Å². The van der Waals surface area contributed by atoms with Crippen molar-refractivity contribution in [2.24, 2.45) is 0 Å². The van der Waals surface area contributed by atoms with Crippen molar-refractivity contribution in [1.29, 1.82) is 0 Å². The molecule has 0 aliphatic carbocycles. The average Bonchev–Trinajstić information content (AvgIpc) is 3.29. The molecule has 2 aromatic rings. The van der Waals surface area contributed by atoms with E-state index in [-0.39, 0.29) is 46.8 Å². The van der Waals surface area contributed by atoms with Gasteiger partial charge in [0.15, 0.2) is 28.3 Å². The van der Waals surface area contributed by atoms with Crippen molar-refractivity contribution >= 4 is 62.7 Å². The number of carbonyl (C=O) groups excluding carboxylic acids is 2. The van der Waals surface area contributed by atoms with Crippen LogP contribution in [0.25, 0.3) is 6.08 Å². The summed E-state index contributed by atoms with van der Waals surface area (Å²) in [5.41, 5.74) is 0.0900. The third-order valence-corrected chi connectivity index (χ3v) is 26.8. The normalized spacial score (nSPS) is 15.7. The lowest BCUT2D eigenvalue weighted by molar-refractivity contribution is 0.0229. The molecular weight excluding hydrogens is 1060 g/mol. The van der Waals surface area contributed by atoms with E-state index in [2.05, 4.69) is 107 Å². The van der Waals surface area contributed by atoms with E-state index < -0.39 is 44.0 Å². The number of ether oxygens (including phenoxy) is 4. The SMILES string of the molecule is CC(C)(C)OC(=O)N1CCN(c2nc(/C=C/CO[Si](C)(C)C(C)(C)C)cn(COCC[Si](C)(C)C)c2=O)CC1.CC(C)(C)OC(=O)N1CCN(c2nc(CCCO[Si](C)(C)C(C)(C)C)cn(COCC[Si](C)(C)C)c2=O)CC1. The van der Waals surface area contributed by atoms with Gasteiger partial charge in [0.25, 0.3) is 11.1 Å². The molecule has 2 saturated heterocycles. The van der Waals surface area contributed by atoms with E-state index in [0.29, 0.717) is 103 Å². The minimum absolute atomic E-state index is 0.133. The minimum atomic E-state index is -1.86. The summed E-state index contributed by atoms with van der Waals surface area (Å²) in [5, 5.41) is 0.300. The Bertz CT molecular complexity index is 2370. The van der Waals surface area contributed by atoms with Crippen LogP contribution >= 0.6 is 0 Å². The van der Waals surface area contributed by atoms with Crippen molar-refractivity contribution in [3.05, 3.63) is 50.6 Å². The maximum absolute atomic E-state index is 13.4. The summed E-state index contributed by atoms with van der Waals surface area (Å²) in [6, 6.07) is 2.08. The van der Waals surface area contributed by atoms with Crippen molar-refractivity contribution in [1.82, 2.24) is 28.9 Å². The number of aromatic nitrogens is 4. The second kappa shape index (κ2) is 28.4. The van der Waals surface area contributed by atoms with Gasteiger partial charge >= 0.3 is 12.2 Å². The molecule has 2 amide bonds. The number of hydrogen-bond acceptors (Lipinski definition) is 14. The molecule has 0 aromatic carbocycles. The summed E-state index contributed by atoms with van der Waals surface area (Å²) in [6.45, 7) is 54.1. The number of rotatable bonds is 21. The Kier molecular flexibility index (Phi) is 25.0. The van der Waals surface area contributed by atoms with E-state index >= 15 is 0 Å². The first-order valence-electron chi connectivity index (χ1n) is 28.4. The molecule has 0 bridgehead atoms. The highest BCUT2D eigenvalue weighted by Crippen LogP contribution is 2.37. The van der Waals surface area contributed by atoms with Crippen molar-refractivity contribution in [2.75, 3.05) is 88.6 Å². The highest BCUT2D eigenvalue weighted by atomic mass is 28.4. The van der Waals surface area contributed by atoms with Crippen LogP contribution in [0.2, 0.25) is 87.6 Å². The molecule has 2 aliphatic rings. The fraction of sp³-hybridized carbons (Fsp3) is 0.786. The molecule has 0 N–H and O–H groups in total. The smallest absolute Gasteiger partial charge is 0.410 e. The van der Waals surface area contributed by atoms with Gasteiger partial charge in [-0.05, 0) is 109 Å². The van der Waals surface area contributed by atoms with Gasteiger partial charge in [-0.15, -0.1) is 0 Å². The van der Waals surface area contributed by atoms with Crippen LogP contribution in [-0.2, 0) is 47.7 Å². The molecule has 446 valence electrons. The average molecular weight is 1160 g/mol. The fourth-order valence-corrected chi connectivity index (χ4v) is 10.9. The maximum Gasteiger partial charge on any atom is 0.410 e. The second-order valence-corrected chi connectivity index (χ2v) is 49.2. The van der Waals surface area contributed by atoms with E-state index in [1.165, 1.54) is 0 Å². The molecule has 22 heteroatoms. The molecule has 0 unspecified atom stereocenters. The second-order valence-electron chi connectivity index (χ2n) is 28.4. The zero-order valence-corrected chi connectivity index (χ0v) is 56.7. The number of amides is 2. The highest BCUT2D eigenvalue weighted by Gasteiger charge is 2.38. The zero-order valence-electron chi connectivity index (χ0n) is 52.7. The molecule has 18 nitrogen and oxygen atoms in total. The summed E-state index contributed by atoms with van der Waals surface area (Å²) in [7, 11) is -6.14. The van der Waals surface area contributed by atoms with Gasteiger partial charge in [-0.3, -0.25) is 18.7 Å². The van der Waals surface area contributed by atoms with Gasteiger partial charge < -0.3 is 47.4 Å². The third kappa shape index (κ3) is 23.8. The highest BCUT2D eigenvalue weighted by molar-refractivity contribution is 6.76. The summed E-state index contributed by atoms with van der Waals surface area (Å²) in [5.74, 6) is 0.801. The Morgan fingerprint density at radius 2 is 0.949 bits per heavy atom. The molecule has 0 radical (unpaired) electrons. The lowest BCUT2D eigenvalue weighted by atomic mass is 10.2. The van der Waals surface area contributed by atoms with Crippen LogP contribution in [0, 0.1) is 0 Å². The van der Waals surface area contributed by atoms with Gasteiger partial charge in [0.05, 0.1) is 18.0 Å². The van der Waals surface area contributed by atoms with Gasteiger partial charge in [0.1, 0.15) is 24.7 Å². The molecule has 2 fully saturated rings. The molecule has 2 aliphatic heterocycles. The number of piperazine rings is 2. The van der Waals surface area contributed by atoms with Crippen LogP contribution in [-0.4, -0.2) is 164 Å². The van der Waals surface area contributed by atoms with Gasteiger partial charge in [-0.2, -0.15) is 0 Å². The number of carbonyl (C=O) groups is 2. The quantitative estimate of drug-likeness (QED) is 0.0853. The summed E-state index contributed by atoms with van der Waals surface area (Å²) in [4.78, 5) is 68.7. The Labute approximate surface area is 474 Å². The van der Waals surface area contributed by atoms with Gasteiger partial charge in [0.2, 0.25) is 0 Å². The third-order valence-electron chi connectivity index (χ3n) is 14.4. The molecule has 4 rings (SSSR count). The Morgan fingerprint density at radius 3 is 1.35 bits per heavy atom. The number of anilines is 2. The maximum atomic E-state index is 13.4. The van der Waals surface area contributed by atoms with E-state index in [0.717, 1.165) is 24.2 Å².